The summed E-state index contributed by atoms with van der Waals surface area (Å²) in [7, 11) is 3.22. The zero-order valence-electron chi connectivity index (χ0n) is 16.9. The molecule has 1 unspecified atom stereocenters. The van der Waals surface area contributed by atoms with Crippen LogP contribution in [0.1, 0.15) is 32.0 Å². The van der Waals surface area contributed by atoms with Gasteiger partial charge in [-0.2, -0.15) is 0 Å². The quantitative estimate of drug-likeness (QED) is 0.511. The number of rotatable bonds is 4. The zero-order chi connectivity index (χ0) is 17.6. The summed E-state index contributed by atoms with van der Waals surface area (Å²) in [5.74, 6) is 0.955. The first-order valence-electron chi connectivity index (χ1n) is 8.92. The van der Waals surface area contributed by atoms with Crippen LogP contribution in [0.15, 0.2) is 18.2 Å². The maximum absolute atomic E-state index is 5.41. The number of benzene rings is 1. The minimum absolute atomic E-state index is 0. The Bertz CT molecular complexity index is 758. The summed E-state index contributed by atoms with van der Waals surface area (Å²) in [6.07, 6.45) is 2.53. The SMILES string of the molecule is COc1ccc2c3c(n(C)c2c1)C[CH]([Ti+2][N]([SiH](C)C)C(C)(C)C)C3.[Cl-].[Cl-]. The van der Waals surface area contributed by atoms with E-state index in [1.54, 1.807) is 18.4 Å². The second-order valence-electron chi connectivity index (χ2n) is 8.24. The molecule has 1 atom stereocenters. The normalized spacial score (nSPS) is 16.3. The van der Waals surface area contributed by atoms with Crippen molar-refractivity contribution in [3.05, 3.63) is 29.5 Å². The second-order valence-corrected chi connectivity index (χ2v) is 14.2. The van der Waals surface area contributed by atoms with Crippen LogP contribution in [0, 0.1) is 0 Å². The van der Waals surface area contributed by atoms with Crippen LogP contribution in [0.2, 0.25) is 17.3 Å². The molecule has 1 aliphatic rings. The minimum Gasteiger partial charge on any atom is -1.00 e. The topological polar surface area (TPSA) is 17.4 Å². The standard InChI is InChI=1S/C13H14NO.C6H16NSi.2ClH.Ti/c1-14-12-5-3-4-10(12)11-7-6-9(15-2)8-13(11)14;1-6(2,3)7-8(4)5;;;/h3,6-8H,4-5H2,1-2H3;8H,1-5H3;2*1H;/q;-1;;;+3/p-2. The summed E-state index contributed by atoms with van der Waals surface area (Å²) < 4.78 is 11.6. The van der Waals surface area contributed by atoms with Gasteiger partial charge >= 0.3 is 157 Å². The summed E-state index contributed by atoms with van der Waals surface area (Å²) >= 11 is -0.0762. The Balaban J connectivity index is 0.00000169. The van der Waals surface area contributed by atoms with Gasteiger partial charge in [0.1, 0.15) is 0 Å². The third-order valence-electron chi connectivity index (χ3n) is 5.10. The van der Waals surface area contributed by atoms with Crippen molar-refractivity contribution in [2.24, 2.45) is 7.05 Å². The molecule has 1 aliphatic carbocycles. The van der Waals surface area contributed by atoms with Gasteiger partial charge in [-0.05, 0) is 0 Å². The molecule has 0 radical (unpaired) electrons. The first kappa shape index (κ1) is 24.1. The van der Waals surface area contributed by atoms with Gasteiger partial charge in [-0.3, -0.25) is 0 Å². The Labute approximate surface area is 181 Å². The average Bonchev–Trinajstić information content (AvgIpc) is 3.02. The van der Waals surface area contributed by atoms with E-state index in [0.29, 0.717) is 5.54 Å². The van der Waals surface area contributed by atoms with E-state index in [9.17, 15) is 0 Å². The molecule has 0 fully saturated rings. The third-order valence-corrected chi connectivity index (χ3v) is 12.6. The van der Waals surface area contributed by atoms with E-state index in [2.05, 4.69) is 66.7 Å². The Kier molecular flexibility index (Phi) is 8.35. The molecule has 0 amide bonds. The summed E-state index contributed by atoms with van der Waals surface area (Å²) in [4.78, 5) is 0. The molecule has 0 spiro atoms. The summed E-state index contributed by atoms with van der Waals surface area (Å²) in [6.45, 7) is 12.2. The number of methoxy groups -OCH3 is 1. The van der Waals surface area contributed by atoms with Crippen LogP contribution >= 0.6 is 0 Å². The first-order valence-corrected chi connectivity index (χ1v) is 13.3. The molecule has 1 heterocycles. The molecule has 2 aromatic rings. The number of halogens is 2. The average molecular weight is 449 g/mol. The van der Waals surface area contributed by atoms with Gasteiger partial charge in [0.05, 0.1) is 0 Å². The number of fused-ring (bicyclic) bond motifs is 3. The van der Waals surface area contributed by atoms with Crippen LogP contribution in [0.25, 0.3) is 10.9 Å². The molecule has 3 nitrogen and oxygen atoms in total. The van der Waals surface area contributed by atoms with Crippen molar-refractivity contribution in [3.8, 4) is 5.75 Å². The fraction of sp³-hybridized carbons (Fsp3) is 0.579. The van der Waals surface area contributed by atoms with Crippen molar-refractivity contribution in [2.75, 3.05) is 7.11 Å². The Morgan fingerprint density at radius 1 is 1.19 bits per heavy atom. The van der Waals surface area contributed by atoms with Crippen molar-refractivity contribution < 1.29 is 49.0 Å². The largest absolute Gasteiger partial charge is 1.00 e. The number of hydrogen-bond donors (Lipinski definition) is 0. The van der Waals surface area contributed by atoms with Gasteiger partial charge in [0.2, 0.25) is 0 Å². The predicted octanol–water partition coefficient (Wildman–Crippen LogP) is -1.84. The Morgan fingerprint density at radius 3 is 2.38 bits per heavy atom. The van der Waals surface area contributed by atoms with Gasteiger partial charge < -0.3 is 24.8 Å². The van der Waals surface area contributed by atoms with Crippen LogP contribution in [0.5, 0.6) is 5.75 Å². The van der Waals surface area contributed by atoms with Gasteiger partial charge in [0.25, 0.3) is 0 Å². The first-order chi connectivity index (χ1) is 11.2. The summed E-state index contributed by atoms with van der Waals surface area (Å²) in [5.41, 5.74) is 4.82. The van der Waals surface area contributed by atoms with Crippen molar-refractivity contribution in [2.45, 2.75) is 56.5 Å². The molecule has 0 saturated carbocycles. The molecule has 26 heavy (non-hydrogen) atoms. The van der Waals surface area contributed by atoms with E-state index in [4.69, 9.17) is 4.74 Å². The van der Waals surface area contributed by atoms with E-state index < -0.39 is 8.96 Å². The van der Waals surface area contributed by atoms with Crippen LogP contribution in [-0.2, 0) is 39.3 Å². The number of ether oxygens (including phenoxy) is 1. The van der Waals surface area contributed by atoms with Crippen molar-refractivity contribution in [1.29, 1.82) is 0 Å². The second kappa shape index (κ2) is 9.02. The molecule has 0 saturated heterocycles. The smallest absolute Gasteiger partial charge is 1.00 e. The minimum atomic E-state index is -0.752. The molecule has 3 rings (SSSR count). The molecule has 7 heteroatoms. The number of aryl methyl sites for hydroxylation is 1. The van der Waals surface area contributed by atoms with E-state index in [1.807, 2.05) is 0 Å². The predicted molar refractivity (Wildman–Crippen MR) is 101 cm³/mol. The van der Waals surface area contributed by atoms with Gasteiger partial charge in [-0.15, -0.1) is 0 Å². The fourth-order valence-corrected chi connectivity index (χ4v) is 10.4. The molecule has 0 aliphatic heterocycles. The van der Waals surface area contributed by atoms with E-state index in [1.165, 1.54) is 23.7 Å². The zero-order valence-corrected chi connectivity index (χ0v) is 21.1. The molecule has 1 aromatic carbocycles. The summed E-state index contributed by atoms with van der Waals surface area (Å²) in [5, 5.41) is 1.44. The van der Waals surface area contributed by atoms with Crippen molar-refractivity contribution in [3.63, 3.8) is 0 Å². The number of aromatic nitrogens is 1. The van der Waals surface area contributed by atoms with Gasteiger partial charge in [0, 0.05) is 0 Å². The van der Waals surface area contributed by atoms with Crippen LogP contribution < -0.4 is 29.6 Å². The molecular weight excluding hydrogens is 419 g/mol. The van der Waals surface area contributed by atoms with Crippen LogP contribution in [0.3, 0.4) is 0 Å². The Morgan fingerprint density at radius 2 is 1.85 bits per heavy atom. The van der Waals surface area contributed by atoms with Crippen molar-refractivity contribution >= 4 is 19.9 Å². The monoisotopic (exact) mass is 448 g/mol. The van der Waals surface area contributed by atoms with Crippen LogP contribution in [0.4, 0.5) is 0 Å². The molecular formula is C19H30Cl2N2OSiTi. The molecule has 1 aromatic heterocycles. The Hall–Kier alpha value is 0.0312. The number of hydrogen-bond acceptors (Lipinski definition) is 2. The maximum atomic E-state index is 5.41. The van der Waals surface area contributed by atoms with E-state index >= 15 is 0 Å². The van der Waals surface area contributed by atoms with Crippen molar-refractivity contribution in [1.82, 2.24) is 7.61 Å². The van der Waals surface area contributed by atoms with E-state index in [0.717, 1.165) is 9.97 Å². The third kappa shape index (κ3) is 4.53. The summed E-state index contributed by atoms with van der Waals surface area (Å²) in [6, 6.07) is 6.55. The van der Waals surface area contributed by atoms with Gasteiger partial charge in [-0.25, -0.2) is 0 Å². The molecule has 0 N–H and O–H groups in total. The van der Waals surface area contributed by atoms with Gasteiger partial charge in [0.15, 0.2) is 0 Å². The number of nitrogens with zero attached hydrogens (tertiary/aromatic N) is 2. The molecule has 0 bridgehead atoms. The van der Waals surface area contributed by atoms with Crippen LogP contribution in [-0.4, -0.2) is 29.2 Å². The molecule has 144 valence electrons. The maximum Gasteiger partial charge on any atom is -1.00 e. The fourth-order valence-electron chi connectivity index (χ4n) is 4.12. The van der Waals surface area contributed by atoms with E-state index in [-0.39, 0.29) is 44.2 Å². The van der Waals surface area contributed by atoms with Gasteiger partial charge in [-0.1, -0.05) is 0 Å².